The van der Waals surface area contributed by atoms with Crippen molar-refractivity contribution in [3.8, 4) is 6.07 Å². The van der Waals surface area contributed by atoms with Gasteiger partial charge in [0.1, 0.15) is 15.1 Å². The van der Waals surface area contributed by atoms with E-state index in [0.717, 1.165) is 0 Å². The van der Waals surface area contributed by atoms with E-state index in [1.807, 2.05) is 13.8 Å². The van der Waals surface area contributed by atoms with Crippen molar-refractivity contribution >= 4 is 52.3 Å². The quantitative estimate of drug-likeness (QED) is 0.800. The van der Waals surface area contributed by atoms with E-state index >= 15 is 0 Å². The molecule has 98 valence electrons. The summed E-state index contributed by atoms with van der Waals surface area (Å²) < 4.78 is -0.151. The summed E-state index contributed by atoms with van der Waals surface area (Å²) >= 11 is 22.1. The molecule has 2 atom stereocenters. The van der Waals surface area contributed by atoms with Gasteiger partial charge in [0.05, 0.1) is 5.92 Å². The Bertz CT molecular complexity index is 468. The van der Waals surface area contributed by atoms with Crippen LogP contribution >= 0.6 is 46.4 Å². The SMILES string of the molecule is CC1(C)C(C=C(Cl)Cl)C1C(=O)NC(C#N)=C(Cl)Cl. The third kappa shape index (κ3) is 3.33. The minimum absolute atomic E-state index is 0.0726. The van der Waals surface area contributed by atoms with Gasteiger partial charge in [0.2, 0.25) is 5.91 Å². The highest BCUT2D eigenvalue weighted by molar-refractivity contribution is 6.56. The molecule has 0 heterocycles. The number of nitrogens with zero attached hydrogens (tertiary/aromatic N) is 1. The molecule has 1 saturated carbocycles. The standard InChI is InChI=1S/C11H10Cl4N2O/c1-11(2)5(3-7(12)13)8(11)10(18)17-6(4-16)9(14)15/h3,5,8H,1-2H3,(H,17,18). The second-order valence-corrected chi connectivity index (χ2v) is 6.47. The van der Waals surface area contributed by atoms with Crippen LogP contribution in [0.15, 0.2) is 20.8 Å². The minimum Gasteiger partial charge on any atom is -0.315 e. The van der Waals surface area contributed by atoms with Crippen molar-refractivity contribution in [3.63, 3.8) is 0 Å². The first-order valence-corrected chi connectivity index (χ1v) is 6.52. The lowest BCUT2D eigenvalue weighted by molar-refractivity contribution is -0.122. The van der Waals surface area contributed by atoms with Crippen molar-refractivity contribution in [3.05, 3.63) is 20.8 Å². The Balaban J connectivity index is 2.80. The van der Waals surface area contributed by atoms with Crippen LogP contribution in [0.1, 0.15) is 13.8 Å². The number of nitriles is 1. The molecule has 1 amide bonds. The van der Waals surface area contributed by atoms with Crippen molar-refractivity contribution in [1.29, 1.82) is 5.26 Å². The molecule has 3 nitrogen and oxygen atoms in total. The van der Waals surface area contributed by atoms with E-state index < -0.39 is 0 Å². The average Bonchev–Trinajstić information content (AvgIpc) is 2.75. The molecule has 1 N–H and O–H groups in total. The lowest BCUT2D eigenvalue weighted by atomic mass is 10.1. The molecule has 0 aromatic heterocycles. The second-order valence-electron chi connectivity index (χ2n) is 4.52. The van der Waals surface area contributed by atoms with Gasteiger partial charge < -0.3 is 5.32 Å². The Morgan fingerprint density at radius 2 is 1.89 bits per heavy atom. The van der Waals surface area contributed by atoms with E-state index in [2.05, 4.69) is 5.32 Å². The molecular weight excluding hydrogens is 318 g/mol. The monoisotopic (exact) mass is 326 g/mol. The zero-order valence-electron chi connectivity index (χ0n) is 9.60. The number of allylic oxidation sites excluding steroid dienone is 2. The van der Waals surface area contributed by atoms with Gasteiger partial charge in [0.25, 0.3) is 0 Å². The van der Waals surface area contributed by atoms with Crippen LogP contribution in [0.3, 0.4) is 0 Å². The lowest BCUT2D eigenvalue weighted by Crippen LogP contribution is -2.26. The molecule has 2 unspecified atom stereocenters. The van der Waals surface area contributed by atoms with E-state index in [9.17, 15) is 4.79 Å². The largest absolute Gasteiger partial charge is 0.315 e. The van der Waals surface area contributed by atoms with Crippen molar-refractivity contribution in [1.82, 2.24) is 5.32 Å². The van der Waals surface area contributed by atoms with Gasteiger partial charge in [0.15, 0.2) is 5.70 Å². The molecule has 0 bridgehead atoms. The molecule has 0 spiro atoms. The van der Waals surface area contributed by atoms with Crippen LogP contribution in [0.2, 0.25) is 0 Å². The molecule has 1 aliphatic carbocycles. The zero-order valence-corrected chi connectivity index (χ0v) is 12.6. The number of hydrogen-bond donors (Lipinski definition) is 1. The molecule has 1 aliphatic rings. The molecule has 0 aliphatic heterocycles. The Labute approximate surface area is 125 Å². The van der Waals surface area contributed by atoms with Gasteiger partial charge in [-0.15, -0.1) is 0 Å². The van der Waals surface area contributed by atoms with Gasteiger partial charge in [0, 0.05) is 0 Å². The Kier molecular flexibility index (Phi) is 4.97. The molecular formula is C11H10Cl4N2O. The maximum absolute atomic E-state index is 12.0. The predicted octanol–water partition coefficient (Wildman–Crippen LogP) is 3.86. The molecule has 1 rings (SSSR count). The van der Waals surface area contributed by atoms with Crippen LogP contribution in [0.4, 0.5) is 0 Å². The smallest absolute Gasteiger partial charge is 0.229 e. The average molecular weight is 328 g/mol. The zero-order chi connectivity index (χ0) is 14.1. The van der Waals surface area contributed by atoms with E-state index in [0.29, 0.717) is 0 Å². The predicted molar refractivity (Wildman–Crippen MR) is 73.0 cm³/mol. The highest BCUT2D eigenvalue weighted by Crippen LogP contribution is 2.59. The van der Waals surface area contributed by atoms with Gasteiger partial charge in [-0.2, -0.15) is 5.26 Å². The molecule has 1 fully saturated rings. The first-order chi connectivity index (χ1) is 8.21. The highest BCUT2D eigenvalue weighted by Gasteiger charge is 2.60. The van der Waals surface area contributed by atoms with Crippen LogP contribution in [-0.4, -0.2) is 5.91 Å². The Hall–Kier alpha value is -0.400. The number of carbonyl (C=O) groups is 1. The maximum atomic E-state index is 12.0. The maximum Gasteiger partial charge on any atom is 0.229 e. The van der Waals surface area contributed by atoms with Gasteiger partial charge in [-0.1, -0.05) is 60.3 Å². The number of amides is 1. The number of carbonyl (C=O) groups excluding carboxylic acids is 1. The summed E-state index contributed by atoms with van der Waals surface area (Å²) in [5, 5.41) is 11.1. The van der Waals surface area contributed by atoms with Crippen LogP contribution in [0, 0.1) is 28.6 Å². The van der Waals surface area contributed by atoms with Crippen molar-refractivity contribution in [2.45, 2.75) is 13.8 Å². The first-order valence-electron chi connectivity index (χ1n) is 5.01. The molecule has 0 aromatic carbocycles. The van der Waals surface area contributed by atoms with E-state index in [1.54, 1.807) is 12.1 Å². The fraction of sp³-hybridized carbons (Fsp3) is 0.455. The molecule has 0 saturated heterocycles. The molecule has 0 aromatic rings. The summed E-state index contributed by atoms with van der Waals surface area (Å²) in [7, 11) is 0. The van der Waals surface area contributed by atoms with Gasteiger partial charge >= 0.3 is 0 Å². The number of hydrogen-bond acceptors (Lipinski definition) is 2. The van der Waals surface area contributed by atoms with Crippen molar-refractivity contribution < 1.29 is 4.79 Å². The second kappa shape index (κ2) is 5.71. The van der Waals surface area contributed by atoms with Gasteiger partial charge in [-0.3, -0.25) is 4.79 Å². The Morgan fingerprint density at radius 1 is 1.33 bits per heavy atom. The van der Waals surface area contributed by atoms with Gasteiger partial charge in [-0.05, 0) is 17.4 Å². The molecule has 0 radical (unpaired) electrons. The summed E-state index contributed by atoms with van der Waals surface area (Å²) in [5.74, 6) is -0.719. The van der Waals surface area contributed by atoms with Crippen LogP contribution in [0.5, 0.6) is 0 Å². The first kappa shape index (κ1) is 15.7. The summed E-state index contributed by atoms with van der Waals surface area (Å²) in [4.78, 5) is 12.0. The summed E-state index contributed by atoms with van der Waals surface area (Å²) in [6, 6.07) is 1.71. The highest BCUT2D eigenvalue weighted by atomic mass is 35.5. The third-order valence-electron chi connectivity index (χ3n) is 3.05. The van der Waals surface area contributed by atoms with E-state index in [-0.39, 0.29) is 37.8 Å². The normalized spacial score (nSPS) is 23.6. The lowest BCUT2D eigenvalue weighted by Gasteiger charge is -2.04. The number of halogens is 4. The van der Waals surface area contributed by atoms with Crippen LogP contribution < -0.4 is 5.32 Å². The minimum atomic E-state index is -0.328. The topological polar surface area (TPSA) is 52.9 Å². The van der Waals surface area contributed by atoms with Crippen molar-refractivity contribution in [2.75, 3.05) is 0 Å². The van der Waals surface area contributed by atoms with E-state index in [1.165, 1.54) is 0 Å². The number of rotatable bonds is 3. The van der Waals surface area contributed by atoms with Crippen LogP contribution in [-0.2, 0) is 4.79 Å². The van der Waals surface area contributed by atoms with Gasteiger partial charge in [-0.25, -0.2) is 0 Å². The molecule has 18 heavy (non-hydrogen) atoms. The Morgan fingerprint density at radius 3 is 2.28 bits per heavy atom. The fourth-order valence-corrected chi connectivity index (χ4v) is 2.39. The summed E-state index contributed by atoms with van der Waals surface area (Å²) in [6.45, 7) is 3.82. The van der Waals surface area contributed by atoms with E-state index in [4.69, 9.17) is 51.7 Å². The summed E-state index contributed by atoms with van der Waals surface area (Å²) in [5.41, 5.74) is -0.427. The number of nitrogens with one attached hydrogen (secondary N) is 1. The fourth-order valence-electron chi connectivity index (χ4n) is 1.94. The van der Waals surface area contributed by atoms with Crippen LogP contribution in [0.25, 0.3) is 0 Å². The van der Waals surface area contributed by atoms with Crippen molar-refractivity contribution in [2.24, 2.45) is 17.3 Å². The third-order valence-corrected chi connectivity index (χ3v) is 3.68. The molecule has 7 heteroatoms. The summed E-state index contributed by atoms with van der Waals surface area (Å²) in [6.07, 6.45) is 1.62.